The third kappa shape index (κ3) is 5.03. The molecule has 10 nitrogen and oxygen atoms in total. The number of nitrogens with zero attached hydrogens (tertiary/aromatic N) is 3. The summed E-state index contributed by atoms with van der Waals surface area (Å²) >= 11 is 0. The number of nitrogens with one attached hydrogen (secondary N) is 2. The van der Waals surface area contributed by atoms with Gasteiger partial charge in [-0.15, -0.1) is 5.10 Å². The van der Waals surface area contributed by atoms with Crippen molar-refractivity contribution in [2.24, 2.45) is 0 Å². The van der Waals surface area contributed by atoms with E-state index >= 15 is 0 Å². The van der Waals surface area contributed by atoms with Crippen LogP contribution in [0.3, 0.4) is 0 Å². The molecule has 2 heterocycles. The second-order valence-corrected chi connectivity index (χ2v) is 7.43. The van der Waals surface area contributed by atoms with Crippen molar-refractivity contribution in [2.45, 2.75) is 26.0 Å². The Morgan fingerprint density at radius 1 is 1.21 bits per heavy atom. The number of amides is 2. The van der Waals surface area contributed by atoms with Gasteiger partial charge in [-0.1, -0.05) is 11.3 Å². The lowest BCUT2D eigenvalue weighted by Crippen LogP contribution is -2.38. The zero-order valence-electron chi connectivity index (χ0n) is 18.3. The zero-order valence-corrected chi connectivity index (χ0v) is 18.3. The molecule has 2 N–H and O–H groups in total. The molecule has 0 spiro atoms. The molecule has 1 saturated heterocycles. The molecule has 0 bridgehead atoms. The zero-order chi connectivity index (χ0) is 24.1. The van der Waals surface area contributed by atoms with E-state index in [4.69, 9.17) is 9.47 Å². The van der Waals surface area contributed by atoms with Crippen LogP contribution in [0.4, 0.5) is 4.39 Å². The first-order valence-electron chi connectivity index (χ1n) is 10.7. The number of aromatic nitrogens is 3. The van der Waals surface area contributed by atoms with E-state index in [0.717, 1.165) is 0 Å². The molecule has 2 aromatic carbocycles. The third-order valence-electron chi connectivity index (χ3n) is 5.10. The second-order valence-electron chi connectivity index (χ2n) is 7.43. The molecule has 1 unspecified atom stereocenters. The Bertz CT molecular complexity index is 1210. The molecule has 1 aliphatic heterocycles. The number of hydrogen-bond acceptors (Lipinski definition) is 7. The van der Waals surface area contributed by atoms with Crippen molar-refractivity contribution in [2.75, 3.05) is 13.2 Å². The first kappa shape index (κ1) is 22.9. The Morgan fingerprint density at radius 3 is 2.68 bits per heavy atom. The van der Waals surface area contributed by atoms with E-state index in [-0.39, 0.29) is 36.3 Å². The maximum absolute atomic E-state index is 13.6. The van der Waals surface area contributed by atoms with Crippen molar-refractivity contribution in [3.63, 3.8) is 0 Å². The minimum absolute atomic E-state index is 0.0519. The molecule has 1 fully saturated rings. The van der Waals surface area contributed by atoms with Crippen molar-refractivity contribution < 1.29 is 28.2 Å². The second kappa shape index (κ2) is 10.1. The van der Waals surface area contributed by atoms with E-state index in [1.807, 2.05) is 6.92 Å². The number of esters is 1. The molecule has 1 atom stereocenters. The Hall–Kier alpha value is -4.28. The molecule has 0 radical (unpaired) electrons. The standard InChI is InChI=1S/C23H22FN5O5/c1-2-25-21(30)14-6-8-16(9-7-14)29-19(13-34-17-5-3-4-15(24)12-17)20(27-28-29)22(31)26-18-10-11-33-23(18)32/h3-9,12,18H,2,10-11,13H2,1H3,(H,25,30)(H,26,31). The molecule has 2 amide bonds. The lowest BCUT2D eigenvalue weighted by Gasteiger charge is -2.12. The minimum Gasteiger partial charge on any atom is -0.487 e. The normalized spacial score (nSPS) is 15.0. The largest absolute Gasteiger partial charge is 0.487 e. The summed E-state index contributed by atoms with van der Waals surface area (Å²) in [6.07, 6.45) is 0.356. The Kier molecular flexibility index (Phi) is 6.81. The van der Waals surface area contributed by atoms with Crippen LogP contribution in [0, 0.1) is 5.82 Å². The number of benzene rings is 2. The van der Waals surface area contributed by atoms with Gasteiger partial charge in [0.25, 0.3) is 11.8 Å². The average molecular weight is 467 g/mol. The maximum Gasteiger partial charge on any atom is 0.328 e. The topological polar surface area (TPSA) is 124 Å². The van der Waals surface area contributed by atoms with Crippen LogP contribution in [0.1, 0.15) is 39.9 Å². The molecular weight excluding hydrogens is 445 g/mol. The molecule has 1 aromatic heterocycles. The van der Waals surface area contributed by atoms with E-state index in [1.54, 1.807) is 30.3 Å². The summed E-state index contributed by atoms with van der Waals surface area (Å²) in [7, 11) is 0. The fourth-order valence-corrected chi connectivity index (χ4v) is 3.39. The molecule has 1 aliphatic rings. The summed E-state index contributed by atoms with van der Waals surface area (Å²) < 4.78 is 25.5. The number of hydrogen-bond donors (Lipinski definition) is 2. The highest BCUT2D eigenvalue weighted by molar-refractivity contribution is 5.96. The first-order chi connectivity index (χ1) is 16.5. The van der Waals surface area contributed by atoms with Gasteiger partial charge in [-0.25, -0.2) is 13.9 Å². The fourth-order valence-electron chi connectivity index (χ4n) is 3.39. The summed E-state index contributed by atoms with van der Waals surface area (Å²) in [6, 6.07) is 11.3. The highest BCUT2D eigenvalue weighted by Crippen LogP contribution is 2.19. The average Bonchev–Trinajstić information content (AvgIpc) is 3.44. The van der Waals surface area contributed by atoms with E-state index in [0.29, 0.717) is 24.2 Å². The maximum atomic E-state index is 13.6. The van der Waals surface area contributed by atoms with Crippen LogP contribution in [-0.4, -0.2) is 52.0 Å². The molecule has 176 valence electrons. The van der Waals surface area contributed by atoms with Gasteiger partial charge in [-0.2, -0.15) is 0 Å². The monoisotopic (exact) mass is 467 g/mol. The SMILES string of the molecule is CCNC(=O)c1ccc(-n2nnc(C(=O)NC3CCOC3=O)c2COc2cccc(F)c2)cc1. The van der Waals surface area contributed by atoms with Crippen molar-refractivity contribution in [3.05, 3.63) is 71.3 Å². The number of rotatable bonds is 8. The lowest BCUT2D eigenvalue weighted by atomic mass is 10.2. The summed E-state index contributed by atoms with van der Waals surface area (Å²) in [5.74, 6) is -1.56. The van der Waals surface area contributed by atoms with Gasteiger partial charge in [0, 0.05) is 24.6 Å². The van der Waals surface area contributed by atoms with Crippen LogP contribution in [0.15, 0.2) is 48.5 Å². The van der Waals surface area contributed by atoms with Crippen molar-refractivity contribution >= 4 is 17.8 Å². The summed E-state index contributed by atoms with van der Waals surface area (Å²) in [5.41, 5.74) is 1.21. The summed E-state index contributed by atoms with van der Waals surface area (Å²) in [6.45, 7) is 2.39. The van der Waals surface area contributed by atoms with Crippen LogP contribution in [0.5, 0.6) is 5.75 Å². The van der Waals surface area contributed by atoms with E-state index in [9.17, 15) is 18.8 Å². The third-order valence-corrected chi connectivity index (χ3v) is 5.10. The van der Waals surface area contributed by atoms with Crippen molar-refractivity contribution in [3.8, 4) is 11.4 Å². The van der Waals surface area contributed by atoms with Gasteiger partial charge in [0.05, 0.1) is 12.3 Å². The smallest absolute Gasteiger partial charge is 0.328 e. The molecule has 0 aliphatic carbocycles. The van der Waals surface area contributed by atoms with Crippen LogP contribution in [-0.2, 0) is 16.1 Å². The summed E-state index contributed by atoms with van der Waals surface area (Å²) in [4.78, 5) is 36.7. The molecule has 34 heavy (non-hydrogen) atoms. The van der Waals surface area contributed by atoms with Gasteiger partial charge < -0.3 is 20.1 Å². The van der Waals surface area contributed by atoms with Crippen LogP contribution >= 0.6 is 0 Å². The number of carbonyl (C=O) groups excluding carboxylic acids is 3. The molecule has 4 rings (SSSR count). The Labute approximate surface area is 194 Å². The first-order valence-corrected chi connectivity index (χ1v) is 10.7. The Morgan fingerprint density at radius 2 is 2.00 bits per heavy atom. The predicted molar refractivity (Wildman–Crippen MR) is 117 cm³/mol. The van der Waals surface area contributed by atoms with Gasteiger partial charge in [0.1, 0.15) is 29.9 Å². The molecule has 3 aromatic rings. The minimum atomic E-state index is -0.772. The number of carbonyl (C=O) groups is 3. The van der Waals surface area contributed by atoms with Crippen molar-refractivity contribution in [1.29, 1.82) is 0 Å². The van der Waals surface area contributed by atoms with Gasteiger partial charge in [-0.3, -0.25) is 9.59 Å². The highest BCUT2D eigenvalue weighted by atomic mass is 19.1. The predicted octanol–water partition coefficient (Wildman–Crippen LogP) is 1.78. The Balaban J connectivity index is 1.63. The number of halogens is 1. The quantitative estimate of drug-likeness (QED) is 0.484. The van der Waals surface area contributed by atoms with Crippen LogP contribution in [0.2, 0.25) is 0 Å². The molecule has 0 saturated carbocycles. The molecule has 11 heteroatoms. The summed E-state index contributed by atoms with van der Waals surface area (Å²) in [5, 5.41) is 13.4. The van der Waals surface area contributed by atoms with E-state index < -0.39 is 23.7 Å². The van der Waals surface area contributed by atoms with Gasteiger partial charge in [0.15, 0.2) is 5.69 Å². The van der Waals surface area contributed by atoms with E-state index in [2.05, 4.69) is 20.9 Å². The number of ether oxygens (including phenoxy) is 2. The van der Waals surface area contributed by atoms with Crippen LogP contribution < -0.4 is 15.4 Å². The van der Waals surface area contributed by atoms with Crippen molar-refractivity contribution in [1.82, 2.24) is 25.6 Å². The van der Waals surface area contributed by atoms with Crippen LogP contribution in [0.25, 0.3) is 5.69 Å². The van der Waals surface area contributed by atoms with Gasteiger partial charge in [0.2, 0.25) is 0 Å². The fraction of sp³-hybridized carbons (Fsp3) is 0.261. The molecular formula is C23H22FN5O5. The number of cyclic esters (lactones) is 1. The van der Waals surface area contributed by atoms with Gasteiger partial charge >= 0.3 is 5.97 Å². The highest BCUT2D eigenvalue weighted by Gasteiger charge is 2.31. The van der Waals surface area contributed by atoms with Gasteiger partial charge in [-0.05, 0) is 43.3 Å². The van der Waals surface area contributed by atoms with E-state index in [1.165, 1.54) is 22.9 Å². The lowest BCUT2D eigenvalue weighted by molar-refractivity contribution is -0.139.